The highest BCUT2D eigenvalue weighted by atomic mass is 79.9. The van der Waals surface area contributed by atoms with Crippen LogP contribution >= 0.6 is 31.9 Å². The summed E-state index contributed by atoms with van der Waals surface area (Å²) in [5.74, 6) is 1.66. The van der Waals surface area contributed by atoms with Crippen molar-refractivity contribution in [3.63, 3.8) is 0 Å². The van der Waals surface area contributed by atoms with Gasteiger partial charge in [0.1, 0.15) is 11.7 Å². The standard InChI is InChI=1S/C54H59Br2N3/c1-9-11-12-13-15-36-17-23-41(24-18-36)54(47-34-43(55)29-31-45(47)46-32-30-44(56)35-48(46)54)42-27-21-39(22-28-42)51-58-49(37(10-2)16-14-33-52(3,4)5)57-50(59-51)38-19-25-40(26-20-38)53(6,7)8/h10,14,16-32,34-35,51H,9,11-13,15,33H2,1-8H3,(H,57,58,59). The van der Waals surface area contributed by atoms with Crippen molar-refractivity contribution in [1.82, 2.24) is 5.32 Å². The van der Waals surface area contributed by atoms with Gasteiger partial charge in [-0.2, -0.15) is 0 Å². The molecule has 3 nitrogen and oxygen atoms in total. The molecule has 5 heteroatoms. The quantitative estimate of drug-likeness (QED) is 0.0964. The number of aliphatic imine (C=N–C) groups is 2. The third kappa shape index (κ3) is 9.22. The Hall–Kier alpha value is -4.32. The van der Waals surface area contributed by atoms with Gasteiger partial charge in [-0.15, -0.1) is 0 Å². The Morgan fingerprint density at radius 2 is 1.31 bits per heavy atom. The topological polar surface area (TPSA) is 36.8 Å². The average molecular weight is 910 g/mol. The number of halogens is 2. The molecule has 0 radical (unpaired) electrons. The van der Waals surface area contributed by atoms with Crippen molar-refractivity contribution in [3.8, 4) is 11.1 Å². The largest absolute Gasteiger partial charge is 0.324 e. The molecule has 0 saturated carbocycles. The number of allylic oxidation sites excluding steroid dienone is 2. The Labute approximate surface area is 370 Å². The summed E-state index contributed by atoms with van der Waals surface area (Å²) >= 11 is 7.74. The molecule has 0 fully saturated rings. The highest BCUT2D eigenvalue weighted by Crippen LogP contribution is 2.57. The minimum Gasteiger partial charge on any atom is -0.324 e. The lowest BCUT2D eigenvalue weighted by Gasteiger charge is -2.34. The third-order valence-electron chi connectivity index (χ3n) is 11.8. The highest BCUT2D eigenvalue weighted by molar-refractivity contribution is 9.10. The van der Waals surface area contributed by atoms with E-state index in [1.807, 2.05) is 0 Å². The maximum atomic E-state index is 5.30. The number of rotatable bonds is 12. The Bertz CT molecular complexity index is 2350. The number of fused-ring (bicyclic) bond motifs is 3. The van der Waals surface area contributed by atoms with Gasteiger partial charge in [0.15, 0.2) is 6.17 Å². The molecule has 1 aliphatic carbocycles. The summed E-state index contributed by atoms with van der Waals surface area (Å²) < 4.78 is 2.14. The van der Waals surface area contributed by atoms with Crippen molar-refractivity contribution in [2.75, 3.05) is 0 Å². The lowest BCUT2D eigenvalue weighted by atomic mass is 9.67. The van der Waals surface area contributed by atoms with Crippen molar-refractivity contribution in [2.24, 2.45) is 15.4 Å². The first kappa shape index (κ1) is 42.8. The molecule has 0 bridgehead atoms. The van der Waals surface area contributed by atoms with Crippen LogP contribution < -0.4 is 5.32 Å². The van der Waals surface area contributed by atoms with Gasteiger partial charge < -0.3 is 5.32 Å². The fourth-order valence-corrected chi connectivity index (χ4v) is 9.23. The van der Waals surface area contributed by atoms with Crippen LogP contribution in [0.15, 0.2) is 152 Å². The zero-order chi connectivity index (χ0) is 42.0. The predicted molar refractivity (Wildman–Crippen MR) is 259 cm³/mol. The summed E-state index contributed by atoms with van der Waals surface area (Å²) in [4.78, 5) is 10.6. The molecular formula is C54H59Br2N3. The molecule has 7 rings (SSSR count). The third-order valence-corrected chi connectivity index (χ3v) is 12.8. The fraction of sp³-hybridized carbons (Fsp3) is 0.333. The number of amidine groups is 2. The Morgan fingerprint density at radius 1 is 0.712 bits per heavy atom. The van der Waals surface area contributed by atoms with Gasteiger partial charge in [0, 0.05) is 20.1 Å². The van der Waals surface area contributed by atoms with Crippen molar-refractivity contribution < 1.29 is 0 Å². The normalized spacial score (nSPS) is 16.4. The Morgan fingerprint density at radius 3 is 1.85 bits per heavy atom. The van der Waals surface area contributed by atoms with Gasteiger partial charge in [-0.3, -0.25) is 0 Å². The van der Waals surface area contributed by atoms with E-state index in [9.17, 15) is 0 Å². The summed E-state index contributed by atoms with van der Waals surface area (Å²) in [5, 5.41) is 3.64. The van der Waals surface area contributed by atoms with Crippen LogP contribution in [-0.2, 0) is 17.3 Å². The van der Waals surface area contributed by atoms with Gasteiger partial charge in [0.2, 0.25) is 0 Å². The van der Waals surface area contributed by atoms with E-state index in [1.54, 1.807) is 0 Å². The highest BCUT2D eigenvalue weighted by Gasteiger charge is 2.46. The van der Waals surface area contributed by atoms with Crippen molar-refractivity contribution in [1.29, 1.82) is 0 Å². The Balaban J connectivity index is 1.34. The van der Waals surface area contributed by atoms with Gasteiger partial charge in [-0.25, -0.2) is 9.98 Å². The molecule has 0 amide bonds. The van der Waals surface area contributed by atoms with E-state index in [0.717, 1.165) is 50.2 Å². The van der Waals surface area contributed by atoms with Gasteiger partial charge >= 0.3 is 0 Å². The van der Waals surface area contributed by atoms with E-state index in [4.69, 9.17) is 9.98 Å². The van der Waals surface area contributed by atoms with Crippen molar-refractivity contribution >= 4 is 43.5 Å². The monoisotopic (exact) mass is 907 g/mol. The maximum Gasteiger partial charge on any atom is 0.169 e. The molecule has 2 aliphatic rings. The van der Waals surface area contributed by atoms with Crippen molar-refractivity contribution in [2.45, 2.75) is 111 Å². The lowest BCUT2D eigenvalue weighted by molar-refractivity contribution is 0.420. The summed E-state index contributed by atoms with van der Waals surface area (Å²) in [6.45, 7) is 17.9. The number of hydrogen-bond donors (Lipinski definition) is 1. The zero-order valence-corrected chi connectivity index (χ0v) is 39.3. The van der Waals surface area contributed by atoms with E-state index >= 15 is 0 Å². The van der Waals surface area contributed by atoms with Crippen LogP contribution in [0.1, 0.15) is 138 Å². The van der Waals surface area contributed by atoms with Gasteiger partial charge in [-0.1, -0.05) is 203 Å². The average Bonchev–Trinajstić information content (AvgIpc) is 3.49. The SMILES string of the molecule is CC=C(C=CCC(C)(C)C)C1=NC(c2ccc(C3(c4ccc(CCCCCC)cc4)c4cc(Br)ccc4-c4ccc(Br)cc43)cc2)N=C(c2ccc(C(C)(C)C)cc2)N1. The number of nitrogens with one attached hydrogen (secondary N) is 1. The lowest BCUT2D eigenvalue weighted by Crippen LogP contribution is -2.36. The molecule has 1 aliphatic heterocycles. The summed E-state index contributed by atoms with van der Waals surface area (Å²) in [6.07, 6.45) is 13.3. The second kappa shape index (κ2) is 17.7. The zero-order valence-electron chi connectivity index (χ0n) is 36.1. The molecule has 0 saturated heterocycles. The van der Waals surface area contributed by atoms with Gasteiger partial charge in [0.25, 0.3) is 0 Å². The first-order chi connectivity index (χ1) is 28.2. The fourth-order valence-electron chi connectivity index (χ4n) is 8.51. The molecule has 1 unspecified atom stereocenters. The molecule has 1 heterocycles. The van der Waals surface area contributed by atoms with Crippen LogP contribution in [-0.4, -0.2) is 11.7 Å². The molecule has 1 N–H and O–H groups in total. The van der Waals surface area contributed by atoms with Crippen molar-refractivity contribution in [3.05, 3.63) is 186 Å². The van der Waals surface area contributed by atoms with E-state index < -0.39 is 11.6 Å². The second-order valence-electron chi connectivity index (χ2n) is 18.5. The molecule has 5 aromatic rings. The van der Waals surface area contributed by atoms with E-state index in [0.29, 0.717) is 0 Å². The number of nitrogens with zero attached hydrogens (tertiary/aromatic N) is 2. The van der Waals surface area contributed by atoms with E-state index in [2.05, 4.69) is 220 Å². The van der Waals surface area contributed by atoms with Crippen LogP contribution in [0.4, 0.5) is 0 Å². The molecule has 5 aromatic carbocycles. The van der Waals surface area contributed by atoms with Crippen LogP contribution in [0.3, 0.4) is 0 Å². The smallest absolute Gasteiger partial charge is 0.169 e. The molecule has 304 valence electrons. The first-order valence-electron chi connectivity index (χ1n) is 21.4. The number of aryl methyl sites for hydroxylation is 1. The molecule has 0 aromatic heterocycles. The predicted octanol–water partition coefficient (Wildman–Crippen LogP) is 15.4. The molecular weight excluding hydrogens is 850 g/mol. The first-order valence-corrected chi connectivity index (χ1v) is 23.0. The number of hydrogen-bond acceptors (Lipinski definition) is 3. The van der Waals surface area contributed by atoms with Crippen LogP contribution in [0.25, 0.3) is 11.1 Å². The number of benzene rings is 5. The van der Waals surface area contributed by atoms with Crippen LogP contribution in [0, 0.1) is 5.41 Å². The number of unbranched alkanes of at least 4 members (excludes halogenated alkanes) is 3. The van der Waals surface area contributed by atoms with Crippen LogP contribution in [0.5, 0.6) is 0 Å². The van der Waals surface area contributed by atoms with E-state index in [1.165, 1.54) is 70.2 Å². The molecule has 59 heavy (non-hydrogen) atoms. The van der Waals surface area contributed by atoms with Gasteiger partial charge in [0.05, 0.1) is 5.41 Å². The maximum absolute atomic E-state index is 5.30. The van der Waals surface area contributed by atoms with Gasteiger partial charge in [-0.05, 0) is 111 Å². The second-order valence-corrected chi connectivity index (χ2v) is 20.3. The molecule has 0 spiro atoms. The summed E-state index contributed by atoms with van der Waals surface area (Å²) in [5.41, 5.74) is 13.1. The minimum absolute atomic E-state index is 0.0629. The minimum atomic E-state index is -0.529. The summed E-state index contributed by atoms with van der Waals surface area (Å²) in [6, 6.07) is 40.9. The van der Waals surface area contributed by atoms with E-state index in [-0.39, 0.29) is 10.8 Å². The Kier molecular flexibility index (Phi) is 12.9. The van der Waals surface area contributed by atoms with Crippen LogP contribution in [0.2, 0.25) is 0 Å². The molecule has 1 atom stereocenters. The summed E-state index contributed by atoms with van der Waals surface area (Å²) in [7, 11) is 0.